The summed E-state index contributed by atoms with van der Waals surface area (Å²) < 4.78 is 32.6. The fourth-order valence-electron chi connectivity index (χ4n) is 4.61. The summed E-state index contributed by atoms with van der Waals surface area (Å²) in [5.74, 6) is -1.04. The van der Waals surface area contributed by atoms with Crippen LogP contribution >= 0.6 is 7.82 Å². The average Bonchev–Trinajstić information content (AvgIpc) is 3.22. The molecule has 0 aromatic heterocycles. The molecule has 0 aromatic carbocycles. The Morgan fingerprint density at radius 1 is 0.508 bits per heavy atom. The van der Waals surface area contributed by atoms with Gasteiger partial charge in [-0.15, -0.1) is 0 Å². The molecule has 59 heavy (non-hydrogen) atoms. The van der Waals surface area contributed by atoms with Crippen LogP contribution in [-0.4, -0.2) is 49.3 Å². The van der Waals surface area contributed by atoms with Gasteiger partial charge >= 0.3 is 19.8 Å². The molecule has 0 aliphatic rings. The van der Waals surface area contributed by atoms with E-state index in [0.29, 0.717) is 12.8 Å². The predicted molar refractivity (Wildman–Crippen MR) is 247 cm³/mol. The number of unbranched alkanes of at least 4 members (excludes halogenated alkanes) is 2. The molecule has 2 atom stereocenters. The Labute approximate surface area is 356 Å². The average molecular weight is 836 g/mol. The predicted octanol–water partition coefficient (Wildman–Crippen LogP) is 12.5. The van der Waals surface area contributed by atoms with Gasteiger partial charge in [-0.25, -0.2) is 4.57 Å². The van der Waals surface area contributed by atoms with E-state index in [1.807, 2.05) is 24.3 Å². The first-order valence-electron chi connectivity index (χ1n) is 21.3. The van der Waals surface area contributed by atoms with Crippen molar-refractivity contribution in [1.29, 1.82) is 0 Å². The highest BCUT2D eigenvalue weighted by atomic mass is 31.2. The molecule has 3 N–H and O–H groups in total. The van der Waals surface area contributed by atoms with Gasteiger partial charge in [-0.2, -0.15) is 0 Å². The van der Waals surface area contributed by atoms with E-state index in [1.165, 1.54) is 12.8 Å². The minimum Gasteiger partial charge on any atom is -0.462 e. The lowest BCUT2D eigenvalue weighted by atomic mass is 10.2. The summed E-state index contributed by atoms with van der Waals surface area (Å²) in [6.45, 7) is 3.35. The van der Waals surface area contributed by atoms with E-state index in [0.717, 1.165) is 64.2 Å². The number of rotatable bonds is 37. The molecule has 0 amide bonds. The first kappa shape index (κ1) is 54.9. The number of carbonyl (C=O) groups excluding carboxylic acids is 2. The van der Waals surface area contributed by atoms with E-state index in [-0.39, 0.29) is 32.6 Å². The van der Waals surface area contributed by atoms with Crippen molar-refractivity contribution in [2.24, 2.45) is 5.73 Å². The molecule has 0 heterocycles. The van der Waals surface area contributed by atoms with Crippen LogP contribution in [0.4, 0.5) is 0 Å². The van der Waals surface area contributed by atoms with Crippen molar-refractivity contribution >= 4 is 19.8 Å². The molecule has 0 aliphatic carbocycles. The number of nitrogens with two attached hydrogens (primary N) is 1. The Hall–Kier alpha value is -4.11. The lowest BCUT2D eigenvalue weighted by Gasteiger charge is -2.19. The fourth-order valence-corrected chi connectivity index (χ4v) is 5.38. The molecule has 0 spiro atoms. The molecular formula is C49H74NO8P. The molecule has 10 heteroatoms. The van der Waals surface area contributed by atoms with Gasteiger partial charge in [0.2, 0.25) is 0 Å². The Balaban J connectivity index is 4.46. The summed E-state index contributed by atoms with van der Waals surface area (Å²) in [6, 6.07) is 0. The van der Waals surface area contributed by atoms with Crippen molar-refractivity contribution in [3.8, 4) is 0 Å². The zero-order valence-electron chi connectivity index (χ0n) is 35.9. The number of allylic oxidation sites excluding steroid dienone is 24. The highest BCUT2D eigenvalue weighted by molar-refractivity contribution is 7.47. The zero-order valence-corrected chi connectivity index (χ0v) is 36.8. The Morgan fingerprint density at radius 2 is 0.881 bits per heavy atom. The molecule has 0 radical (unpaired) electrons. The molecular weight excluding hydrogens is 762 g/mol. The van der Waals surface area contributed by atoms with E-state index < -0.39 is 32.5 Å². The van der Waals surface area contributed by atoms with Crippen LogP contribution in [0.5, 0.6) is 0 Å². The number of hydrogen-bond donors (Lipinski definition) is 2. The van der Waals surface area contributed by atoms with Crippen LogP contribution in [0.25, 0.3) is 0 Å². The van der Waals surface area contributed by atoms with Gasteiger partial charge in [0.15, 0.2) is 6.10 Å². The number of esters is 2. The molecule has 0 fully saturated rings. The van der Waals surface area contributed by atoms with Crippen molar-refractivity contribution in [3.05, 3.63) is 146 Å². The third-order valence-corrected chi connectivity index (χ3v) is 8.73. The van der Waals surface area contributed by atoms with Gasteiger partial charge in [0.25, 0.3) is 0 Å². The smallest absolute Gasteiger partial charge is 0.462 e. The molecule has 0 saturated carbocycles. The second-order valence-corrected chi connectivity index (χ2v) is 14.7. The number of carbonyl (C=O) groups is 2. The first-order chi connectivity index (χ1) is 28.8. The van der Waals surface area contributed by atoms with Crippen LogP contribution < -0.4 is 5.73 Å². The highest BCUT2D eigenvalue weighted by Crippen LogP contribution is 2.43. The minimum atomic E-state index is -4.43. The molecule has 0 aliphatic heterocycles. The molecule has 2 unspecified atom stereocenters. The topological polar surface area (TPSA) is 134 Å². The van der Waals surface area contributed by atoms with Crippen LogP contribution in [0, 0.1) is 0 Å². The third kappa shape index (κ3) is 43.3. The SMILES string of the molecule is CCC/C=C/C=C/C/C=C/C/C=C/C/C=C\C/C=C/CCC(=O)OCC(COP(=O)(O)OCCN)OC(=O)CC/C=C\C/C=C/C/C=C/C/C=C/C/C=C/C=C/CCC. The first-order valence-corrected chi connectivity index (χ1v) is 22.8. The molecule has 0 saturated heterocycles. The van der Waals surface area contributed by atoms with Gasteiger partial charge in [0.05, 0.1) is 13.2 Å². The number of phosphoric acid groups is 1. The van der Waals surface area contributed by atoms with E-state index in [4.69, 9.17) is 24.3 Å². The Morgan fingerprint density at radius 3 is 1.29 bits per heavy atom. The van der Waals surface area contributed by atoms with Gasteiger partial charge in [-0.3, -0.25) is 18.6 Å². The molecule has 328 valence electrons. The maximum Gasteiger partial charge on any atom is 0.472 e. The van der Waals surface area contributed by atoms with Crippen molar-refractivity contribution in [3.63, 3.8) is 0 Å². The van der Waals surface area contributed by atoms with E-state index >= 15 is 0 Å². The highest BCUT2D eigenvalue weighted by Gasteiger charge is 2.25. The molecule has 0 aromatic rings. The monoisotopic (exact) mass is 836 g/mol. The largest absolute Gasteiger partial charge is 0.472 e. The second kappa shape index (κ2) is 43.5. The second-order valence-electron chi connectivity index (χ2n) is 13.2. The van der Waals surface area contributed by atoms with Gasteiger partial charge in [-0.1, -0.05) is 173 Å². The van der Waals surface area contributed by atoms with E-state index in [9.17, 15) is 19.0 Å². The molecule has 0 bridgehead atoms. The van der Waals surface area contributed by atoms with Gasteiger partial charge < -0.3 is 20.1 Å². The number of phosphoric ester groups is 1. The van der Waals surface area contributed by atoms with E-state index in [1.54, 1.807) is 0 Å². The van der Waals surface area contributed by atoms with Crippen LogP contribution in [0.3, 0.4) is 0 Å². The Kier molecular flexibility index (Phi) is 40.4. The quantitative estimate of drug-likeness (QED) is 0.0271. The van der Waals surface area contributed by atoms with Gasteiger partial charge in [0.1, 0.15) is 6.61 Å². The summed E-state index contributed by atoms with van der Waals surface area (Å²) in [6.07, 6.45) is 61.9. The van der Waals surface area contributed by atoms with Crippen molar-refractivity contribution in [2.45, 2.75) is 123 Å². The van der Waals surface area contributed by atoms with Crippen LogP contribution in [0.1, 0.15) is 117 Å². The maximum atomic E-state index is 12.5. The number of ether oxygens (including phenoxy) is 2. The summed E-state index contributed by atoms with van der Waals surface area (Å²) in [4.78, 5) is 34.8. The number of hydrogen-bond acceptors (Lipinski definition) is 8. The van der Waals surface area contributed by atoms with E-state index in [2.05, 4.69) is 135 Å². The van der Waals surface area contributed by atoms with Gasteiger partial charge in [0, 0.05) is 19.4 Å². The van der Waals surface area contributed by atoms with Crippen molar-refractivity contribution in [1.82, 2.24) is 0 Å². The minimum absolute atomic E-state index is 0.0229. The van der Waals surface area contributed by atoms with Crippen LogP contribution in [0.15, 0.2) is 146 Å². The standard InChI is InChI=1S/C49H74NO8P/c1-3-5-7-9-11-13-15-17-19-21-23-25-27-29-31-33-35-37-39-41-48(51)55-45-47(46-57-59(53,54)56-44-43-50)58-49(52)42-40-38-36-34-32-30-28-26-24-22-20-18-16-14-12-10-8-6-4-2/h7-14,17-20,23-26,29-32,35-38,47H,3-6,15-16,21-22,27-28,33-34,39-46,50H2,1-2H3,(H,53,54)/b9-7+,10-8+,13-11+,14-12+,19-17+,20-18+,25-23+,26-24+,31-29-,32-30+,37-35+,38-36-. The van der Waals surface area contributed by atoms with Crippen LogP contribution in [-0.2, 0) is 32.7 Å². The maximum absolute atomic E-state index is 12.5. The van der Waals surface area contributed by atoms with Crippen molar-refractivity contribution < 1.29 is 37.6 Å². The van der Waals surface area contributed by atoms with Gasteiger partial charge in [-0.05, 0) is 77.0 Å². The summed E-state index contributed by atoms with van der Waals surface area (Å²) in [5.41, 5.74) is 5.33. The summed E-state index contributed by atoms with van der Waals surface area (Å²) in [7, 11) is -4.43. The van der Waals surface area contributed by atoms with Crippen molar-refractivity contribution in [2.75, 3.05) is 26.4 Å². The Bertz CT molecular complexity index is 1460. The lowest BCUT2D eigenvalue weighted by molar-refractivity contribution is -0.161. The third-order valence-electron chi connectivity index (χ3n) is 7.74. The fraction of sp³-hybridized carbons (Fsp3) is 0.469. The van der Waals surface area contributed by atoms with Crippen LogP contribution in [0.2, 0.25) is 0 Å². The molecule has 0 rings (SSSR count). The lowest BCUT2D eigenvalue weighted by Crippen LogP contribution is -2.29. The molecule has 9 nitrogen and oxygen atoms in total. The zero-order chi connectivity index (χ0) is 43.2. The normalized spacial score (nSPS) is 14.7. The summed E-state index contributed by atoms with van der Waals surface area (Å²) in [5, 5.41) is 0. The summed E-state index contributed by atoms with van der Waals surface area (Å²) >= 11 is 0.